The van der Waals surface area contributed by atoms with Crippen LogP contribution in [0.5, 0.6) is 5.75 Å². The number of carboxylic acids is 1. The number of carboxylic acid groups (broad SMARTS) is 1. The number of rotatable bonds is 5. The second-order valence-corrected chi connectivity index (χ2v) is 9.36. The maximum atomic E-state index is 13.4. The summed E-state index contributed by atoms with van der Waals surface area (Å²) >= 11 is 0. The molecule has 0 aromatic heterocycles. The van der Waals surface area contributed by atoms with Crippen LogP contribution in [0.2, 0.25) is 0 Å². The summed E-state index contributed by atoms with van der Waals surface area (Å²) in [6.07, 6.45) is 1.34. The largest absolute Gasteiger partial charge is 0.481 e. The van der Waals surface area contributed by atoms with Gasteiger partial charge in [0.05, 0.1) is 5.92 Å². The Labute approximate surface area is 173 Å². The zero-order chi connectivity index (χ0) is 21.4. The number of nitrogens with zero attached hydrogens (tertiary/aromatic N) is 1. The molecule has 1 aromatic carbocycles. The van der Waals surface area contributed by atoms with E-state index in [9.17, 15) is 14.7 Å². The maximum Gasteiger partial charge on any atom is 0.308 e. The minimum Gasteiger partial charge on any atom is -0.481 e. The highest BCUT2D eigenvalue weighted by molar-refractivity contribution is 5.86. The molecule has 1 amide bonds. The first-order chi connectivity index (χ1) is 13.6. The van der Waals surface area contributed by atoms with Crippen LogP contribution >= 0.6 is 0 Å². The van der Waals surface area contributed by atoms with E-state index in [0.717, 1.165) is 11.1 Å². The summed E-state index contributed by atoms with van der Waals surface area (Å²) in [7, 11) is 0. The molecule has 1 N–H and O–H groups in total. The van der Waals surface area contributed by atoms with Crippen LogP contribution in [0.25, 0.3) is 0 Å². The number of amides is 1. The lowest BCUT2D eigenvalue weighted by molar-refractivity contribution is -0.147. The number of carbonyl (C=O) groups is 2. The Balaban J connectivity index is 1.82. The van der Waals surface area contributed by atoms with Crippen molar-refractivity contribution in [2.24, 2.45) is 11.3 Å². The minimum atomic E-state index is -1.09. The molecule has 2 aliphatic heterocycles. The number of hydrogen-bond donors (Lipinski definition) is 1. The molecule has 1 spiro atoms. The molecule has 6 nitrogen and oxygen atoms in total. The summed E-state index contributed by atoms with van der Waals surface area (Å²) in [5.74, 6) is -0.570. The minimum absolute atomic E-state index is 0.164. The van der Waals surface area contributed by atoms with Crippen molar-refractivity contribution in [2.75, 3.05) is 26.3 Å². The fourth-order valence-corrected chi connectivity index (χ4v) is 4.65. The molecule has 3 rings (SSSR count). The number of aryl methyl sites for hydroxylation is 1. The van der Waals surface area contributed by atoms with Gasteiger partial charge in [-0.2, -0.15) is 0 Å². The zero-order valence-electron chi connectivity index (χ0n) is 18.2. The summed E-state index contributed by atoms with van der Waals surface area (Å²) in [5.41, 5.74) is 0.641. The molecule has 0 aliphatic carbocycles. The Hall–Kier alpha value is -2.08. The van der Waals surface area contributed by atoms with Gasteiger partial charge in [0, 0.05) is 31.7 Å². The van der Waals surface area contributed by atoms with Gasteiger partial charge in [0.15, 0.2) is 5.60 Å². The lowest BCUT2D eigenvalue weighted by atomic mass is 9.72. The Kier molecular flexibility index (Phi) is 5.95. The molecule has 0 radical (unpaired) electrons. The number of aliphatic carboxylic acids is 1. The summed E-state index contributed by atoms with van der Waals surface area (Å²) < 4.78 is 11.7. The van der Waals surface area contributed by atoms with Crippen LogP contribution < -0.4 is 4.74 Å². The van der Waals surface area contributed by atoms with E-state index in [1.54, 1.807) is 18.7 Å². The third kappa shape index (κ3) is 4.27. The number of ether oxygens (including phenoxy) is 2. The summed E-state index contributed by atoms with van der Waals surface area (Å²) in [4.78, 5) is 27.0. The smallest absolute Gasteiger partial charge is 0.308 e. The van der Waals surface area contributed by atoms with E-state index < -0.39 is 22.9 Å². The number of likely N-dealkylation sites (tertiary alicyclic amines) is 1. The van der Waals surface area contributed by atoms with E-state index >= 15 is 0 Å². The summed E-state index contributed by atoms with van der Waals surface area (Å²) in [5, 5.41) is 9.79. The van der Waals surface area contributed by atoms with Crippen LogP contribution in [-0.2, 0) is 14.3 Å². The van der Waals surface area contributed by atoms with E-state index in [1.165, 1.54) is 0 Å². The van der Waals surface area contributed by atoms with Gasteiger partial charge in [0.1, 0.15) is 5.75 Å². The van der Waals surface area contributed by atoms with Gasteiger partial charge in [-0.1, -0.05) is 26.0 Å². The monoisotopic (exact) mass is 403 g/mol. The third-order valence-electron chi connectivity index (χ3n) is 6.39. The fraction of sp³-hybridized carbons (Fsp3) is 0.652. The highest BCUT2D eigenvalue weighted by atomic mass is 16.5. The molecule has 2 aliphatic rings. The van der Waals surface area contributed by atoms with Crippen LogP contribution in [0, 0.1) is 18.3 Å². The molecule has 29 heavy (non-hydrogen) atoms. The van der Waals surface area contributed by atoms with Gasteiger partial charge in [-0.3, -0.25) is 9.59 Å². The van der Waals surface area contributed by atoms with E-state index in [0.29, 0.717) is 38.3 Å². The maximum absolute atomic E-state index is 13.4. The molecule has 6 heteroatoms. The Morgan fingerprint density at radius 3 is 2.52 bits per heavy atom. The first kappa shape index (κ1) is 21.6. The second-order valence-electron chi connectivity index (χ2n) is 9.36. The predicted molar refractivity (Wildman–Crippen MR) is 110 cm³/mol. The van der Waals surface area contributed by atoms with Crippen LogP contribution in [0.4, 0.5) is 0 Å². The molecule has 160 valence electrons. The number of benzene rings is 1. The number of carbonyl (C=O) groups excluding carboxylic acids is 1. The molecule has 1 aromatic rings. The van der Waals surface area contributed by atoms with Crippen molar-refractivity contribution in [3.63, 3.8) is 0 Å². The molecule has 0 bridgehead atoms. The van der Waals surface area contributed by atoms with Crippen molar-refractivity contribution in [1.29, 1.82) is 0 Å². The average Bonchev–Trinajstić information content (AvgIpc) is 3.00. The third-order valence-corrected chi connectivity index (χ3v) is 6.39. The van der Waals surface area contributed by atoms with Crippen molar-refractivity contribution >= 4 is 11.9 Å². The van der Waals surface area contributed by atoms with Gasteiger partial charge in [-0.15, -0.1) is 0 Å². The zero-order valence-corrected chi connectivity index (χ0v) is 18.2. The molecule has 0 saturated carbocycles. The van der Waals surface area contributed by atoms with Crippen molar-refractivity contribution in [3.8, 4) is 5.75 Å². The summed E-state index contributed by atoms with van der Waals surface area (Å²) in [6.45, 7) is 11.5. The van der Waals surface area contributed by atoms with Gasteiger partial charge in [-0.05, 0) is 56.7 Å². The van der Waals surface area contributed by atoms with Crippen molar-refractivity contribution < 1.29 is 24.2 Å². The van der Waals surface area contributed by atoms with Crippen LogP contribution in [0.3, 0.4) is 0 Å². The van der Waals surface area contributed by atoms with Gasteiger partial charge >= 0.3 is 5.97 Å². The number of hydrogen-bond acceptors (Lipinski definition) is 4. The Bertz CT molecular complexity index is 779. The lowest BCUT2D eigenvalue weighted by Gasteiger charge is -2.36. The van der Waals surface area contributed by atoms with Crippen molar-refractivity contribution in [3.05, 3.63) is 29.3 Å². The standard InChI is InChI=1S/C23H33NO5/c1-15(2)17-7-6-16(3)12-19(17)29-22(4,5)21(27)24-13-18(20(25)26)23(14-24)8-10-28-11-9-23/h6-7,12,15,18H,8-11,13-14H2,1-5H3,(H,25,26). The molecule has 2 saturated heterocycles. The van der Waals surface area contributed by atoms with Crippen LogP contribution in [-0.4, -0.2) is 53.8 Å². The van der Waals surface area contributed by atoms with Crippen molar-refractivity contribution in [2.45, 2.75) is 59.0 Å². The molecule has 2 heterocycles. The predicted octanol–water partition coefficient (Wildman–Crippen LogP) is 3.62. The Morgan fingerprint density at radius 1 is 1.28 bits per heavy atom. The molecule has 1 unspecified atom stereocenters. The fourth-order valence-electron chi connectivity index (χ4n) is 4.65. The van der Waals surface area contributed by atoms with E-state index in [-0.39, 0.29) is 18.4 Å². The van der Waals surface area contributed by atoms with Crippen LogP contribution in [0.1, 0.15) is 57.6 Å². The lowest BCUT2D eigenvalue weighted by Crippen LogP contribution is -2.49. The highest BCUT2D eigenvalue weighted by Crippen LogP contribution is 2.45. The highest BCUT2D eigenvalue weighted by Gasteiger charge is 2.53. The molecular weight excluding hydrogens is 370 g/mol. The molecule has 2 fully saturated rings. The SMILES string of the molecule is Cc1ccc(C(C)C)c(OC(C)(C)C(=O)N2CC(C(=O)O)C3(CCOCC3)C2)c1. The Morgan fingerprint density at radius 2 is 1.93 bits per heavy atom. The van der Waals surface area contributed by atoms with Gasteiger partial charge in [0.25, 0.3) is 5.91 Å². The first-order valence-corrected chi connectivity index (χ1v) is 10.5. The van der Waals surface area contributed by atoms with E-state index in [4.69, 9.17) is 9.47 Å². The topological polar surface area (TPSA) is 76.1 Å². The average molecular weight is 404 g/mol. The van der Waals surface area contributed by atoms with Gasteiger partial charge < -0.3 is 19.5 Å². The summed E-state index contributed by atoms with van der Waals surface area (Å²) in [6, 6.07) is 6.06. The van der Waals surface area contributed by atoms with Crippen LogP contribution in [0.15, 0.2) is 18.2 Å². The molecule has 1 atom stereocenters. The quantitative estimate of drug-likeness (QED) is 0.813. The first-order valence-electron chi connectivity index (χ1n) is 10.5. The van der Waals surface area contributed by atoms with Gasteiger partial charge in [-0.25, -0.2) is 0 Å². The van der Waals surface area contributed by atoms with Crippen molar-refractivity contribution in [1.82, 2.24) is 4.90 Å². The van der Waals surface area contributed by atoms with Gasteiger partial charge in [0.2, 0.25) is 0 Å². The second kappa shape index (κ2) is 7.98. The normalized spacial score (nSPS) is 21.6. The van der Waals surface area contributed by atoms with E-state index in [2.05, 4.69) is 13.8 Å². The van der Waals surface area contributed by atoms with E-state index in [1.807, 2.05) is 25.1 Å². The molecular formula is C23H33NO5.